The first-order valence-electron chi connectivity index (χ1n) is 6.65. The number of thioether (sulfide) groups is 1. The monoisotopic (exact) mass is 252 g/mol. The molecule has 0 aromatic rings. The van der Waals surface area contributed by atoms with E-state index in [-0.39, 0.29) is 0 Å². The van der Waals surface area contributed by atoms with Crippen LogP contribution >= 0.6 is 11.8 Å². The Labute approximate surface area is 107 Å². The van der Waals surface area contributed by atoms with Crippen molar-refractivity contribution in [3.63, 3.8) is 0 Å². The Morgan fingerprint density at radius 2 is 2.18 bits per heavy atom. The molecule has 2 aliphatic heterocycles. The van der Waals surface area contributed by atoms with Gasteiger partial charge in [-0.25, -0.2) is 0 Å². The number of hydrogen-bond donors (Lipinski definition) is 1. The predicted molar refractivity (Wildman–Crippen MR) is 72.3 cm³/mol. The summed E-state index contributed by atoms with van der Waals surface area (Å²) in [5.41, 5.74) is 3.01. The summed E-state index contributed by atoms with van der Waals surface area (Å²) in [5.74, 6) is 2.01. The summed E-state index contributed by atoms with van der Waals surface area (Å²) in [6, 6.07) is 0. The van der Waals surface area contributed by atoms with E-state index in [2.05, 4.69) is 10.3 Å². The highest BCUT2D eigenvalue weighted by molar-refractivity contribution is 8.13. The molecule has 2 heterocycles. The number of aliphatic imine (C=N–C) groups is 1. The van der Waals surface area contributed by atoms with E-state index in [0.717, 1.165) is 30.8 Å². The van der Waals surface area contributed by atoms with Gasteiger partial charge in [-0.05, 0) is 43.6 Å². The van der Waals surface area contributed by atoms with Crippen LogP contribution in [0.5, 0.6) is 0 Å². The maximum Gasteiger partial charge on any atom is 0.161 e. The molecule has 0 bridgehead atoms. The number of nitrogens with zero attached hydrogens (tertiary/aromatic N) is 1. The molecule has 17 heavy (non-hydrogen) atoms. The van der Waals surface area contributed by atoms with Gasteiger partial charge in [0.05, 0.1) is 6.54 Å². The molecule has 3 nitrogen and oxygen atoms in total. The van der Waals surface area contributed by atoms with Gasteiger partial charge in [-0.2, -0.15) is 0 Å². The van der Waals surface area contributed by atoms with Crippen molar-refractivity contribution in [1.82, 2.24) is 5.32 Å². The minimum atomic E-state index is 0.817. The van der Waals surface area contributed by atoms with E-state index in [1.807, 2.05) is 11.8 Å². The zero-order chi connectivity index (χ0) is 11.5. The van der Waals surface area contributed by atoms with Gasteiger partial charge in [0.15, 0.2) is 5.17 Å². The largest absolute Gasteiger partial charge is 0.381 e. The predicted octanol–water partition coefficient (Wildman–Crippen LogP) is 2.54. The molecule has 0 radical (unpaired) electrons. The van der Waals surface area contributed by atoms with Crippen molar-refractivity contribution in [3.8, 4) is 0 Å². The second kappa shape index (κ2) is 5.44. The number of rotatable bonds is 2. The van der Waals surface area contributed by atoms with Crippen molar-refractivity contribution in [2.45, 2.75) is 32.1 Å². The zero-order valence-electron chi connectivity index (χ0n) is 10.2. The molecular weight excluding hydrogens is 232 g/mol. The van der Waals surface area contributed by atoms with Crippen LogP contribution in [-0.4, -0.2) is 30.7 Å². The van der Waals surface area contributed by atoms with Gasteiger partial charge in [-0.3, -0.25) is 4.99 Å². The van der Waals surface area contributed by atoms with Gasteiger partial charge in [-0.15, -0.1) is 0 Å². The Morgan fingerprint density at radius 3 is 3.06 bits per heavy atom. The highest BCUT2D eigenvalue weighted by Gasteiger charge is 2.21. The summed E-state index contributed by atoms with van der Waals surface area (Å²) < 4.78 is 5.39. The minimum absolute atomic E-state index is 0.817. The Balaban J connectivity index is 1.46. The van der Waals surface area contributed by atoms with Crippen molar-refractivity contribution in [2.24, 2.45) is 10.9 Å². The maximum atomic E-state index is 5.39. The van der Waals surface area contributed by atoms with Crippen molar-refractivity contribution in [2.75, 3.05) is 25.5 Å². The summed E-state index contributed by atoms with van der Waals surface area (Å²) >= 11 is 1.90. The average Bonchev–Trinajstić information content (AvgIpc) is 2.85. The van der Waals surface area contributed by atoms with E-state index in [0.29, 0.717) is 0 Å². The molecule has 0 amide bonds. The fourth-order valence-corrected chi connectivity index (χ4v) is 3.74. The topological polar surface area (TPSA) is 33.6 Å². The van der Waals surface area contributed by atoms with Crippen LogP contribution in [0.3, 0.4) is 0 Å². The van der Waals surface area contributed by atoms with E-state index < -0.39 is 0 Å². The van der Waals surface area contributed by atoms with E-state index in [1.54, 1.807) is 5.57 Å². The van der Waals surface area contributed by atoms with Crippen LogP contribution in [0, 0.1) is 5.92 Å². The molecule has 0 aromatic heterocycles. The van der Waals surface area contributed by atoms with Gasteiger partial charge >= 0.3 is 0 Å². The highest BCUT2D eigenvalue weighted by Crippen LogP contribution is 2.28. The lowest BCUT2D eigenvalue weighted by atomic mass is 10.0. The van der Waals surface area contributed by atoms with Gasteiger partial charge in [0.2, 0.25) is 0 Å². The molecule has 1 aliphatic carbocycles. The highest BCUT2D eigenvalue weighted by atomic mass is 32.2. The number of nitrogens with one attached hydrogen (secondary N) is 1. The summed E-state index contributed by atoms with van der Waals surface area (Å²) in [6.45, 7) is 2.83. The summed E-state index contributed by atoms with van der Waals surface area (Å²) in [6.07, 6.45) is 6.23. The molecule has 0 saturated carbocycles. The molecule has 94 valence electrons. The number of ether oxygens (including phenoxy) is 1. The minimum Gasteiger partial charge on any atom is -0.381 e. The van der Waals surface area contributed by atoms with E-state index in [9.17, 15) is 0 Å². The van der Waals surface area contributed by atoms with Crippen molar-refractivity contribution in [1.29, 1.82) is 0 Å². The molecule has 0 aromatic carbocycles. The quantitative estimate of drug-likeness (QED) is 0.820. The van der Waals surface area contributed by atoms with Crippen LogP contribution in [0.15, 0.2) is 16.3 Å². The van der Waals surface area contributed by atoms with Gasteiger partial charge in [-0.1, -0.05) is 11.8 Å². The van der Waals surface area contributed by atoms with Crippen LogP contribution in [0.1, 0.15) is 32.1 Å². The van der Waals surface area contributed by atoms with Gasteiger partial charge < -0.3 is 10.1 Å². The fourth-order valence-electron chi connectivity index (χ4n) is 2.66. The van der Waals surface area contributed by atoms with E-state index in [1.165, 1.54) is 43.6 Å². The first-order valence-corrected chi connectivity index (χ1v) is 7.63. The summed E-state index contributed by atoms with van der Waals surface area (Å²) in [7, 11) is 0. The number of hydrogen-bond acceptors (Lipinski definition) is 4. The van der Waals surface area contributed by atoms with Crippen LogP contribution < -0.4 is 5.32 Å². The average molecular weight is 252 g/mol. The third kappa shape index (κ3) is 2.86. The normalized spacial score (nSPS) is 25.5. The zero-order valence-corrected chi connectivity index (χ0v) is 11.0. The molecule has 0 atom stereocenters. The number of amidine groups is 1. The Kier molecular flexibility index (Phi) is 3.71. The molecule has 1 N–H and O–H groups in total. The third-order valence-electron chi connectivity index (χ3n) is 3.80. The van der Waals surface area contributed by atoms with Gasteiger partial charge in [0.1, 0.15) is 0 Å². The molecule has 0 unspecified atom stereocenters. The molecule has 3 aliphatic rings. The van der Waals surface area contributed by atoms with Crippen molar-refractivity contribution in [3.05, 3.63) is 11.3 Å². The van der Waals surface area contributed by atoms with E-state index >= 15 is 0 Å². The molecular formula is C13H20N2OS. The van der Waals surface area contributed by atoms with Crippen molar-refractivity contribution >= 4 is 16.9 Å². The Morgan fingerprint density at radius 1 is 1.29 bits per heavy atom. The first-order chi connectivity index (χ1) is 8.42. The first kappa shape index (κ1) is 11.6. The van der Waals surface area contributed by atoms with Crippen LogP contribution in [-0.2, 0) is 4.74 Å². The van der Waals surface area contributed by atoms with Gasteiger partial charge in [0, 0.05) is 24.7 Å². The van der Waals surface area contributed by atoms with Crippen LogP contribution in [0.25, 0.3) is 0 Å². The molecule has 4 heteroatoms. The van der Waals surface area contributed by atoms with Crippen LogP contribution in [0.2, 0.25) is 0 Å². The second-order valence-corrected chi connectivity index (χ2v) is 6.06. The maximum absolute atomic E-state index is 5.39. The molecule has 3 rings (SSSR count). The third-order valence-corrected chi connectivity index (χ3v) is 4.94. The lowest BCUT2D eigenvalue weighted by Gasteiger charge is -2.23. The fraction of sp³-hybridized carbons (Fsp3) is 0.769. The van der Waals surface area contributed by atoms with Crippen molar-refractivity contribution < 1.29 is 4.74 Å². The molecule has 0 spiro atoms. The Hall–Kier alpha value is -0.480. The summed E-state index contributed by atoms with van der Waals surface area (Å²) in [5, 5.41) is 4.67. The smallest absolute Gasteiger partial charge is 0.161 e. The molecule has 1 fully saturated rings. The Bertz CT molecular complexity index is 345. The van der Waals surface area contributed by atoms with Gasteiger partial charge in [0.25, 0.3) is 0 Å². The lowest BCUT2D eigenvalue weighted by molar-refractivity contribution is 0.0728. The summed E-state index contributed by atoms with van der Waals surface area (Å²) in [4.78, 5) is 4.64. The van der Waals surface area contributed by atoms with E-state index in [4.69, 9.17) is 4.74 Å². The SMILES string of the molecule is C1CC2=C(C1)NC(SCC1CCOCC1)=NC2. The number of allylic oxidation sites excluding steroid dienone is 1. The second-order valence-electron chi connectivity index (χ2n) is 5.05. The van der Waals surface area contributed by atoms with Crippen LogP contribution in [0.4, 0.5) is 0 Å². The lowest BCUT2D eigenvalue weighted by Crippen LogP contribution is -2.26. The standard InChI is InChI=1S/C13H20N2OS/c1-2-11-8-14-13(15-12(11)3-1)17-9-10-4-6-16-7-5-10/h10H,1-9H2,(H,14,15). The molecule has 1 saturated heterocycles.